The second kappa shape index (κ2) is 5.35. The van der Waals surface area contributed by atoms with Crippen LogP contribution in [-0.2, 0) is 0 Å². The van der Waals surface area contributed by atoms with Gasteiger partial charge in [0.05, 0.1) is 12.6 Å². The van der Waals surface area contributed by atoms with Crippen LogP contribution in [0.5, 0.6) is 0 Å². The van der Waals surface area contributed by atoms with Crippen LogP contribution in [0, 0.1) is 11.2 Å². The molecule has 1 atom stereocenters. The van der Waals surface area contributed by atoms with Crippen molar-refractivity contribution in [2.75, 3.05) is 18.1 Å². The van der Waals surface area contributed by atoms with Gasteiger partial charge in [-0.1, -0.05) is 0 Å². The Hall–Kier alpha value is -1.62. The Morgan fingerprint density at radius 2 is 2.28 bits per heavy atom. The molecule has 1 saturated heterocycles. The number of nitrogens with two attached hydrogens (primary N) is 1. The molecule has 5 heteroatoms. The Bertz CT molecular complexity index is 450. The third kappa shape index (κ3) is 2.46. The Morgan fingerprint density at radius 3 is 2.94 bits per heavy atom. The molecule has 0 saturated carbocycles. The fraction of sp³-hybridized carbons (Fsp3) is 0.462. The fourth-order valence-corrected chi connectivity index (χ4v) is 2.48. The summed E-state index contributed by atoms with van der Waals surface area (Å²) in [6.45, 7) is 0.867. The van der Waals surface area contributed by atoms with Crippen molar-refractivity contribution in [1.82, 2.24) is 0 Å². The van der Waals surface area contributed by atoms with E-state index in [2.05, 4.69) is 0 Å². The van der Waals surface area contributed by atoms with E-state index in [1.165, 1.54) is 12.1 Å². The standard InChI is InChI=1S/C13H18FN3O/c14-9-4-5-12(11(7-9)13(15)16)17-6-2-1-3-10(17)8-18/h4-5,7,10,18H,1-3,6,8H2,(H3,15,16). The lowest BCUT2D eigenvalue weighted by Gasteiger charge is -2.37. The molecule has 0 amide bonds. The number of nitrogens with zero attached hydrogens (tertiary/aromatic N) is 1. The lowest BCUT2D eigenvalue weighted by atomic mass is 10.00. The van der Waals surface area contributed by atoms with E-state index >= 15 is 0 Å². The quantitative estimate of drug-likeness (QED) is 0.562. The minimum Gasteiger partial charge on any atom is -0.394 e. The van der Waals surface area contributed by atoms with Crippen LogP contribution in [0.3, 0.4) is 0 Å². The number of aliphatic hydroxyl groups is 1. The zero-order valence-corrected chi connectivity index (χ0v) is 10.2. The summed E-state index contributed by atoms with van der Waals surface area (Å²) in [6.07, 6.45) is 3.02. The fourth-order valence-electron chi connectivity index (χ4n) is 2.48. The van der Waals surface area contributed by atoms with Crippen molar-refractivity contribution in [3.8, 4) is 0 Å². The maximum atomic E-state index is 13.2. The van der Waals surface area contributed by atoms with Gasteiger partial charge in [-0.05, 0) is 37.5 Å². The normalized spacial score (nSPS) is 19.9. The van der Waals surface area contributed by atoms with E-state index in [-0.39, 0.29) is 18.5 Å². The van der Waals surface area contributed by atoms with E-state index in [9.17, 15) is 9.50 Å². The highest BCUT2D eigenvalue weighted by Crippen LogP contribution is 2.28. The lowest BCUT2D eigenvalue weighted by Crippen LogP contribution is -2.42. The van der Waals surface area contributed by atoms with Crippen molar-refractivity contribution < 1.29 is 9.50 Å². The molecule has 1 aromatic carbocycles. The van der Waals surface area contributed by atoms with Crippen LogP contribution in [0.2, 0.25) is 0 Å². The van der Waals surface area contributed by atoms with Crippen LogP contribution >= 0.6 is 0 Å². The lowest BCUT2D eigenvalue weighted by molar-refractivity contribution is 0.240. The summed E-state index contributed by atoms with van der Waals surface area (Å²) < 4.78 is 13.2. The summed E-state index contributed by atoms with van der Waals surface area (Å²) in [7, 11) is 0. The molecule has 1 fully saturated rings. The van der Waals surface area contributed by atoms with Gasteiger partial charge in [-0.2, -0.15) is 0 Å². The Labute approximate surface area is 106 Å². The molecule has 0 bridgehead atoms. The van der Waals surface area contributed by atoms with E-state index in [1.54, 1.807) is 6.07 Å². The topological polar surface area (TPSA) is 73.3 Å². The maximum absolute atomic E-state index is 13.2. The molecular weight excluding hydrogens is 233 g/mol. The number of nitrogens with one attached hydrogen (secondary N) is 1. The number of amidine groups is 1. The minimum absolute atomic E-state index is 0.0299. The molecule has 1 aliphatic heterocycles. The van der Waals surface area contributed by atoms with Gasteiger partial charge in [0.1, 0.15) is 11.7 Å². The number of aliphatic hydroxyl groups excluding tert-OH is 1. The summed E-state index contributed by atoms with van der Waals surface area (Å²) in [6, 6.07) is 4.31. The summed E-state index contributed by atoms with van der Waals surface area (Å²) in [5.41, 5.74) is 6.64. The third-order valence-corrected chi connectivity index (χ3v) is 3.40. The van der Waals surface area contributed by atoms with Gasteiger partial charge >= 0.3 is 0 Å². The molecule has 0 aliphatic carbocycles. The average molecular weight is 251 g/mol. The number of anilines is 1. The molecule has 1 unspecified atom stereocenters. The molecule has 4 nitrogen and oxygen atoms in total. The predicted octanol–water partition coefficient (Wildman–Crippen LogP) is 1.46. The summed E-state index contributed by atoms with van der Waals surface area (Å²) in [5, 5.41) is 16.9. The van der Waals surface area contributed by atoms with Gasteiger partial charge in [-0.3, -0.25) is 5.41 Å². The molecule has 1 aliphatic rings. The van der Waals surface area contributed by atoms with Gasteiger partial charge in [-0.15, -0.1) is 0 Å². The Balaban J connectivity index is 2.39. The molecule has 0 radical (unpaired) electrons. The van der Waals surface area contributed by atoms with Crippen LogP contribution in [0.15, 0.2) is 18.2 Å². The van der Waals surface area contributed by atoms with Crippen molar-refractivity contribution in [2.45, 2.75) is 25.3 Å². The number of rotatable bonds is 3. The highest BCUT2D eigenvalue weighted by molar-refractivity contribution is 6.00. The van der Waals surface area contributed by atoms with Gasteiger partial charge < -0.3 is 15.7 Å². The van der Waals surface area contributed by atoms with Gasteiger partial charge in [0.2, 0.25) is 0 Å². The number of hydrogen-bond donors (Lipinski definition) is 3. The number of benzene rings is 1. The molecule has 1 heterocycles. The predicted molar refractivity (Wildman–Crippen MR) is 69.5 cm³/mol. The number of nitrogen functional groups attached to an aromatic ring is 1. The van der Waals surface area contributed by atoms with Gasteiger partial charge in [0.25, 0.3) is 0 Å². The van der Waals surface area contributed by atoms with Crippen LogP contribution in [0.4, 0.5) is 10.1 Å². The molecule has 0 spiro atoms. The van der Waals surface area contributed by atoms with E-state index in [1.807, 2.05) is 4.90 Å². The summed E-state index contributed by atoms with van der Waals surface area (Å²) in [5.74, 6) is -0.548. The molecule has 0 aromatic heterocycles. The molecule has 18 heavy (non-hydrogen) atoms. The first-order valence-corrected chi connectivity index (χ1v) is 6.15. The molecule has 4 N–H and O–H groups in total. The van der Waals surface area contributed by atoms with Crippen LogP contribution in [-0.4, -0.2) is 30.1 Å². The van der Waals surface area contributed by atoms with E-state index in [0.29, 0.717) is 5.56 Å². The van der Waals surface area contributed by atoms with Crippen molar-refractivity contribution in [1.29, 1.82) is 5.41 Å². The third-order valence-electron chi connectivity index (χ3n) is 3.40. The second-order valence-corrected chi connectivity index (χ2v) is 4.60. The second-order valence-electron chi connectivity index (χ2n) is 4.60. The van der Waals surface area contributed by atoms with Crippen molar-refractivity contribution in [2.24, 2.45) is 5.73 Å². The summed E-state index contributed by atoms with van der Waals surface area (Å²) >= 11 is 0. The Morgan fingerprint density at radius 1 is 1.50 bits per heavy atom. The SMILES string of the molecule is N=C(N)c1cc(F)ccc1N1CCCCC1CO. The van der Waals surface area contributed by atoms with Crippen LogP contribution in [0.25, 0.3) is 0 Å². The first-order chi connectivity index (χ1) is 8.63. The van der Waals surface area contributed by atoms with E-state index < -0.39 is 5.82 Å². The average Bonchev–Trinajstić information content (AvgIpc) is 2.38. The number of piperidine rings is 1. The van der Waals surface area contributed by atoms with E-state index in [4.69, 9.17) is 11.1 Å². The monoisotopic (exact) mass is 251 g/mol. The zero-order valence-electron chi connectivity index (χ0n) is 10.2. The van der Waals surface area contributed by atoms with Gasteiger partial charge in [0, 0.05) is 17.8 Å². The number of halogens is 1. The van der Waals surface area contributed by atoms with E-state index in [0.717, 1.165) is 31.5 Å². The molecule has 98 valence electrons. The first kappa shape index (κ1) is 12.8. The Kier molecular flexibility index (Phi) is 3.81. The first-order valence-electron chi connectivity index (χ1n) is 6.15. The number of hydrogen-bond acceptors (Lipinski definition) is 3. The summed E-state index contributed by atoms with van der Waals surface area (Å²) in [4.78, 5) is 2.03. The van der Waals surface area contributed by atoms with Crippen molar-refractivity contribution in [3.05, 3.63) is 29.6 Å². The minimum atomic E-state index is -0.401. The zero-order chi connectivity index (χ0) is 13.1. The van der Waals surface area contributed by atoms with Gasteiger partial charge in [-0.25, -0.2) is 4.39 Å². The maximum Gasteiger partial charge on any atom is 0.125 e. The van der Waals surface area contributed by atoms with Crippen molar-refractivity contribution >= 4 is 11.5 Å². The van der Waals surface area contributed by atoms with Crippen molar-refractivity contribution in [3.63, 3.8) is 0 Å². The van der Waals surface area contributed by atoms with Crippen LogP contribution in [0.1, 0.15) is 24.8 Å². The molecule has 2 rings (SSSR count). The molecular formula is C13H18FN3O. The smallest absolute Gasteiger partial charge is 0.125 e. The largest absolute Gasteiger partial charge is 0.394 e. The highest BCUT2D eigenvalue weighted by Gasteiger charge is 2.24. The highest BCUT2D eigenvalue weighted by atomic mass is 19.1. The van der Waals surface area contributed by atoms with Crippen LogP contribution < -0.4 is 10.6 Å². The van der Waals surface area contributed by atoms with Gasteiger partial charge in [0.15, 0.2) is 0 Å². The molecule has 1 aromatic rings.